The fourth-order valence-corrected chi connectivity index (χ4v) is 1.48. The first-order valence-corrected chi connectivity index (χ1v) is 4.82. The molecule has 1 amide bonds. The number of carboxylic acid groups (broad SMARTS) is 1. The van der Waals surface area contributed by atoms with Crippen LogP contribution in [0.2, 0.25) is 0 Å². The maximum absolute atomic E-state index is 11.6. The van der Waals surface area contributed by atoms with E-state index in [9.17, 15) is 9.59 Å². The van der Waals surface area contributed by atoms with Gasteiger partial charge in [0.1, 0.15) is 0 Å². The van der Waals surface area contributed by atoms with Crippen LogP contribution in [0.25, 0.3) is 0 Å². The second-order valence-corrected chi connectivity index (χ2v) is 3.49. The van der Waals surface area contributed by atoms with Crippen molar-refractivity contribution in [3.05, 3.63) is 29.7 Å². The van der Waals surface area contributed by atoms with Crippen molar-refractivity contribution in [2.75, 3.05) is 0 Å². The minimum absolute atomic E-state index is 0.00991. The molecule has 2 rings (SSSR count). The summed E-state index contributed by atoms with van der Waals surface area (Å²) in [6.45, 7) is 0. The lowest BCUT2D eigenvalue weighted by Crippen LogP contribution is -2.32. The molecular weight excluding hydrogens is 212 g/mol. The number of hydrogen-bond acceptors (Lipinski definition) is 4. The highest BCUT2D eigenvalue weighted by Gasteiger charge is 2.19. The van der Waals surface area contributed by atoms with Gasteiger partial charge in [0.05, 0.1) is 0 Å². The second kappa shape index (κ2) is 4.18. The molecule has 16 heavy (non-hydrogen) atoms. The molecule has 0 saturated carbocycles. The summed E-state index contributed by atoms with van der Waals surface area (Å²) in [6, 6.07) is 1.18. The highest BCUT2D eigenvalue weighted by molar-refractivity contribution is 5.95. The number of carboxylic acids is 1. The Balaban J connectivity index is 2.00. The van der Waals surface area contributed by atoms with Crippen LogP contribution in [0.4, 0.5) is 0 Å². The van der Waals surface area contributed by atoms with E-state index in [1.165, 1.54) is 0 Å². The quantitative estimate of drug-likeness (QED) is 0.738. The van der Waals surface area contributed by atoms with E-state index >= 15 is 0 Å². The van der Waals surface area contributed by atoms with Gasteiger partial charge in [-0.15, -0.1) is 0 Å². The SMILES string of the molecule is O=C(NC1CC=CC1)c1cc(C(=O)O)on1. The first-order valence-electron chi connectivity index (χ1n) is 4.82. The molecule has 0 saturated heterocycles. The van der Waals surface area contributed by atoms with Gasteiger partial charge in [0.25, 0.3) is 5.91 Å². The number of aromatic carboxylic acids is 1. The van der Waals surface area contributed by atoms with Crippen molar-refractivity contribution in [2.24, 2.45) is 0 Å². The molecule has 6 heteroatoms. The lowest BCUT2D eigenvalue weighted by Gasteiger charge is -2.09. The van der Waals surface area contributed by atoms with Crippen molar-refractivity contribution in [3.8, 4) is 0 Å². The summed E-state index contributed by atoms with van der Waals surface area (Å²) in [4.78, 5) is 22.1. The van der Waals surface area contributed by atoms with Crippen molar-refractivity contribution in [1.29, 1.82) is 0 Å². The lowest BCUT2D eigenvalue weighted by atomic mass is 10.2. The molecule has 1 aromatic heterocycles. The number of carbonyl (C=O) groups excluding carboxylic acids is 1. The number of hydrogen-bond donors (Lipinski definition) is 2. The topological polar surface area (TPSA) is 92.4 Å². The van der Waals surface area contributed by atoms with Crippen molar-refractivity contribution in [1.82, 2.24) is 10.5 Å². The van der Waals surface area contributed by atoms with Crippen molar-refractivity contribution >= 4 is 11.9 Å². The molecule has 6 nitrogen and oxygen atoms in total. The Labute approximate surface area is 90.9 Å². The molecule has 0 bridgehead atoms. The van der Waals surface area contributed by atoms with Crippen LogP contribution < -0.4 is 5.32 Å². The Morgan fingerprint density at radius 3 is 2.69 bits per heavy atom. The fraction of sp³-hybridized carbons (Fsp3) is 0.300. The van der Waals surface area contributed by atoms with E-state index in [2.05, 4.69) is 15.0 Å². The van der Waals surface area contributed by atoms with Crippen LogP contribution in [0.15, 0.2) is 22.7 Å². The largest absolute Gasteiger partial charge is 0.475 e. The van der Waals surface area contributed by atoms with E-state index in [0.717, 1.165) is 18.9 Å². The smallest absolute Gasteiger partial charge is 0.374 e. The van der Waals surface area contributed by atoms with Crippen molar-refractivity contribution < 1.29 is 19.2 Å². The van der Waals surface area contributed by atoms with Crippen molar-refractivity contribution in [3.63, 3.8) is 0 Å². The first-order chi connectivity index (χ1) is 7.66. The Hall–Kier alpha value is -2.11. The van der Waals surface area contributed by atoms with E-state index in [4.69, 9.17) is 5.11 Å². The molecule has 0 atom stereocenters. The summed E-state index contributed by atoms with van der Waals surface area (Å²) in [7, 11) is 0. The lowest BCUT2D eigenvalue weighted by molar-refractivity contribution is 0.0651. The molecule has 1 aliphatic carbocycles. The zero-order valence-corrected chi connectivity index (χ0v) is 8.34. The van der Waals surface area contributed by atoms with Gasteiger partial charge < -0.3 is 14.9 Å². The molecule has 2 N–H and O–H groups in total. The van der Waals surface area contributed by atoms with Crippen LogP contribution in [0.5, 0.6) is 0 Å². The average molecular weight is 222 g/mol. The number of rotatable bonds is 3. The number of nitrogens with one attached hydrogen (secondary N) is 1. The zero-order valence-electron chi connectivity index (χ0n) is 8.34. The third-order valence-corrected chi connectivity index (χ3v) is 2.30. The molecule has 1 aliphatic rings. The van der Waals surface area contributed by atoms with Crippen LogP contribution in [0.1, 0.15) is 33.9 Å². The van der Waals surface area contributed by atoms with Crippen LogP contribution in [0.3, 0.4) is 0 Å². The Bertz CT molecular complexity index is 441. The molecule has 0 radical (unpaired) electrons. The Kier molecular flexibility index (Phi) is 2.72. The van der Waals surface area contributed by atoms with Gasteiger partial charge in [0.15, 0.2) is 5.69 Å². The summed E-state index contributed by atoms with van der Waals surface area (Å²) in [5.74, 6) is -1.99. The molecule has 84 valence electrons. The summed E-state index contributed by atoms with van der Waals surface area (Å²) < 4.78 is 4.49. The normalized spacial score (nSPS) is 15.2. The Morgan fingerprint density at radius 2 is 2.12 bits per heavy atom. The zero-order chi connectivity index (χ0) is 11.5. The predicted molar refractivity (Wildman–Crippen MR) is 53.1 cm³/mol. The maximum atomic E-state index is 11.6. The minimum Gasteiger partial charge on any atom is -0.475 e. The second-order valence-electron chi connectivity index (χ2n) is 3.49. The van der Waals surface area contributed by atoms with Gasteiger partial charge in [-0.1, -0.05) is 17.3 Å². The molecule has 0 aliphatic heterocycles. The maximum Gasteiger partial charge on any atom is 0.374 e. The van der Waals surface area contributed by atoms with Gasteiger partial charge in [-0.2, -0.15) is 0 Å². The number of carbonyl (C=O) groups is 2. The highest BCUT2D eigenvalue weighted by atomic mass is 16.5. The summed E-state index contributed by atoms with van der Waals surface area (Å²) in [5.41, 5.74) is -0.00991. The standard InChI is InChI=1S/C10H10N2O4/c13-9(11-6-3-1-2-4-6)7-5-8(10(14)15)16-12-7/h1-2,5-6H,3-4H2,(H,11,13)(H,14,15). The highest BCUT2D eigenvalue weighted by Crippen LogP contribution is 2.10. The molecule has 1 heterocycles. The summed E-state index contributed by atoms with van der Waals surface area (Å²) in [6.07, 6.45) is 5.54. The van der Waals surface area contributed by atoms with Crippen LogP contribution >= 0.6 is 0 Å². The van der Waals surface area contributed by atoms with Gasteiger partial charge in [0.2, 0.25) is 5.76 Å². The fourth-order valence-electron chi connectivity index (χ4n) is 1.48. The number of amides is 1. The Morgan fingerprint density at radius 1 is 1.44 bits per heavy atom. The van der Waals surface area contributed by atoms with E-state index < -0.39 is 11.9 Å². The molecule has 0 aromatic carbocycles. The molecule has 1 aromatic rings. The first kappa shape index (κ1) is 10.4. The molecular formula is C10H10N2O4. The van der Waals surface area contributed by atoms with E-state index in [1.807, 2.05) is 12.2 Å². The predicted octanol–water partition coefficient (Wildman–Crippen LogP) is 0.821. The van der Waals surface area contributed by atoms with Gasteiger partial charge in [-0.3, -0.25) is 4.79 Å². The van der Waals surface area contributed by atoms with Crippen LogP contribution in [-0.2, 0) is 0 Å². The van der Waals surface area contributed by atoms with Crippen LogP contribution in [0, 0.1) is 0 Å². The van der Waals surface area contributed by atoms with E-state index in [-0.39, 0.29) is 17.5 Å². The number of nitrogens with zero attached hydrogens (tertiary/aromatic N) is 1. The van der Waals surface area contributed by atoms with Gasteiger partial charge in [-0.25, -0.2) is 4.79 Å². The third kappa shape index (κ3) is 2.10. The molecule has 0 fully saturated rings. The number of aromatic nitrogens is 1. The van der Waals surface area contributed by atoms with Gasteiger partial charge in [0, 0.05) is 12.1 Å². The summed E-state index contributed by atoms with van der Waals surface area (Å²) in [5, 5.41) is 14.7. The van der Waals surface area contributed by atoms with Crippen LogP contribution in [-0.4, -0.2) is 28.2 Å². The van der Waals surface area contributed by atoms with E-state index in [0.29, 0.717) is 0 Å². The molecule has 0 spiro atoms. The third-order valence-electron chi connectivity index (χ3n) is 2.30. The average Bonchev–Trinajstić information content (AvgIpc) is 2.86. The summed E-state index contributed by atoms with van der Waals surface area (Å²) >= 11 is 0. The van der Waals surface area contributed by atoms with Crippen molar-refractivity contribution in [2.45, 2.75) is 18.9 Å². The minimum atomic E-state index is -1.24. The molecule has 0 unspecified atom stereocenters. The van der Waals surface area contributed by atoms with Gasteiger partial charge >= 0.3 is 5.97 Å². The van der Waals surface area contributed by atoms with E-state index in [1.54, 1.807) is 0 Å². The monoisotopic (exact) mass is 222 g/mol. The van der Waals surface area contributed by atoms with Gasteiger partial charge in [-0.05, 0) is 12.8 Å².